The first-order chi connectivity index (χ1) is 39.4. The van der Waals surface area contributed by atoms with Crippen LogP contribution in [0.3, 0.4) is 0 Å². The number of esters is 2. The number of hydrogen-bond donors (Lipinski definition) is 1. The number of nitrogens with one attached hydrogen (secondary N) is 1. The fraction of sp³-hybridized carbons (Fsp3) is 0.562. The maximum Gasteiger partial charge on any atom is 1.00 e. The smallest absolute Gasteiger partial charge is 1.00 e. The van der Waals surface area contributed by atoms with Gasteiger partial charge in [-0.15, -0.1) is 0 Å². The van der Waals surface area contributed by atoms with Crippen molar-refractivity contribution < 1.29 is 63.7 Å². The minimum Gasteiger partial charge on any atom is 1.00 e. The molecule has 0 spiro atoms. The van der Waals surface area contributed by atoms with E-state index in [1.807, 2.05) is 75.4 Å². The summed E-state index contributed by atoms with van der Waals surface area (Å²) < 4.78 is 11.7. The van der Waals surface area contributed by atoms with Crippen LogP contribution in [0.4, 0.5) is 11.4 Å². The number of benzene rings is 4. The number of likely N-dealkylation sites (tertiary alicyclic amines) is 1. The van der Waals surface area contributed by atoms with Crippen LogP contribution in [-0.2, 0) is 28.6 Å². The Morgan fingerprint density at radius 3 is 1.28 bits per heavy atom. The number of carbonyl (C=O) groups excluding carboxylic acids is 4. The van der Waals surface area contributed by atoms with Gasteiger partial charge in [0.25, 0.3) is 0 Å². The summed E-state index contributed by atoms with van der Waals surface area (Å²) in [7, 11) is 3.25. The number of rotatable bonds is 13. The number of aldehydes is 1. The Morgan fingerprint density at radius 2 is 0.965 bits per heavy atom. The first-order valence-corrected chi connectivity index (χ1v) is 31.1. The number of anilines is 2. The molecule has 8 rings (SSSR count). The molecule has 0 unspecified atom stereocenters. The van der Waals surface area contributed by atoms with Gasteiger partial charge in [0.1, 0.15) is 6.29 Å². The zero-order chi connectivity index (χ0) is 61.7. The van der Waals surface area contributed by atoms with Gasteiger partial charge >= 0.3 is 53.9 Å². The van der Waals surface area contributed by atoms with E-state index in [0.717, 1.165) is 85.4 Å². The Morgan fingerprint density at radius 1 is 0.588 bits per heavy atom. The molecule has 3 N–H and O–H groups in total. The molecule has 4 aromatic rings. The molecule has 4 fully saturated rings. The van der Waals surface area contributed by atoms with Gasteiger partial charge in [-0.2, -0.15) is 6.92 Å². The van der Waals surface area contributed by atoms with Crippen molar-refractivity contribution >= 4 is 113 Å². The number of piperidine rings is 2. The molecule has 0 bridgehead atoms. The summed E-state index contributed by atoms with van der Waals surface area (Å²) in [4.78, 5) is 50.9. The van der Waals surface area contributed by atoms with Gasteiger partial charge in [-0.05, 0) is 185 Å². The van der Waals surface area contributed by atoms with Gasteiger partial charge in [0, 0.05) is 79.6 Å². The van der Waals surface area contributed by atoms with Gasteiger partial charge in [0.05, 0.1) is 33.5 Å². The number of carbonyl (C=O) groups is 3. The second kappa shape index (κ2) is 42.4. The van der Waals surface area contributed by atoms with Crippen LogP contribution in [0.15, 0.2) is 84.9 Å². The summed E-state index contributed by atoms with van der Waals surface area (Å²) in [6.07, 6.45) is 12.3. The van der Waals surface area contributed by atoms with Crippen LogP contribution >= 0.6 is 69.6 Å². The summed E-state index contributed by atoms with van der Waals surface area (Å²) >= 11 is 37.9. The maximum absolute atomic E-state index is 9.82. The van der Waals surface area contributed by atoms with Crippen molar-refractivity contribution in [1.82, 2.24) is 20.0 Å². The quantitative estimate of drug-likeness (QED) is 0.0445. The van der Waals surface area contributed by atoms with Gasteiger partial charge in [-0.3, -0.25) is 25.7 Å². The molecule has 85 heavy (non-hydrogen) atoms. The predicted molar refractivity (Wildman–Crippen MR) is 351 cm³/mol. The van der Waals surface area contributed by atoms with Gasteiger partial charge in [-0.1, -0.05) is 135 Å². The largest absolute Gasteiger partial charge is 1.00 e. The molecule has 2 atom stereocenters. The van der Waals surface area contributed by atoms with Gasteiger partial charge in [-0.25, -0.2) is 0 Å². The van der Waals surface area contributed by atoms with Gasteiger partial charge in [0.2, 0.25) is 0 Å². The van der Waals surface area contributed by atoms with Crippen molar-refractivity contribution in [2.75, 3.05) is 94.9 Å². The van der Waals surface area contributed by atoms with Crippen molar-refractivity contribution in [3.05, 3.63) is 126 Å². The molecule has 0 aliphatic carbocycles. The van der Waals surface area contributed by atoms with Crippen LogP contribution in [0.5, 0.6) is 0 Å². The van der Waals surface area contributed by atoms with Crippen LogP contribution in [0.25, 0.3) is 0 Å². The molecule has 21 heteroatoms. The first kappa shape index (κ1) is 80.4. The third kappa shape index (κ3) is 31.6. The molecule has 4 aromatic carbocycles. The third-order valence-electron chi connectivity index (χ3n) is 14.9. The molecule has 4 aliphatic rings. The van der Waals surface area contributed by atoms with E-state index in [1.165, 1.54) is 122 Å². The average molecular weight is 1300 g/mol. The van der Waals surface area contributed by atoms with E-state index in [-0.39, 0.29) is 52.5 Å². The number of piperazine rings is 2. The second-order valence-electron chi connectivity index (χ2n) is 23.9. The molecular weight excluding hydrogens is 1210 g/mol. The SMILES string of the molecule is CC(=O)OC(C)=O.CC(C)(C)CC=O.CC(C)(C)CCN1CCC(CCN2CCN(c3ccc(Cl)cc3Cl)[C@H](c3ccc(Cl)cc3)C2)CC1.C[C-]=O.Clc1ccc([C@@H]2CN(CCC3CCNCC3)CCN2c2ccc(Cl)cc2Cl)cc1.O.[B]=O.[Na+]. The summed E-state index contributed by atoms with van der Waals surface area (Å²) in [5, 5.41) is 7.76. The van der Waals surface area contributed by atoms with Gasteiger partial charge < -0.3 is 39.8 Å². The molecule has 0 aromatic heterocycles. The number of nitrogens with zero attached hydrogens (tertiary/aromatic N) is 5. The number of hydrogen-bond acceptors (Lipinski definition) is 12. The van der Waals surface area contributed by atoms with Crippen LogP contribution in [0.2, 0.25) is 30.1 Å². The van der Waals surface area contributed by atoms with Crippen LogP contribution in [0.1, 0.15) is 137 Å². The predicted octanol–water partition coefficient (Wildman–Crippen LogP) is 11.5. The molecule has 4 aliphatic heterocycles. The Kier molecular flexibility index (Phi) is 40.1. The standard InChI is InChI=1S/C29H40Cl3N3.C23H28Cl3N3.C6H12O.C4H6O3.C2H3O.BO.Na.H2O/c1-29(2,3)13-17-33-14-10-22(11-15-33)12-16-34-18-19-35(27-9-8-25(31)20-26(27)32)28(21-34)23-4-6-24(30)7-5-23;24-19-3-1-18(2-4-19)23-16-28(12-9-17-7-10-27-11-8-17)13-14-29(23)22-6-5-20(25)15-21(22)26;1-6(2,3)4-5-7;1-3(5)7-4(2)6;1-2-3;1-2;;/h4-9,20,22,28H,10-19,21H2,1-3H3;1-6,15,17,23,27H,7-14,16H2;5H,4H2,1-3H3;1-2H3;1H3;;;1H2/q;;;;-1;;+1;/t28-;23-;;;;;;/m00....../s1. The summed E-state index contributed by atoms with van der Waals surface area (Å²) in [5.74, 6) is 0.576. The van der Waals surface area contributed by atoms with E-state index in [9.17, 15) is 14.4 Å². The first-order valence-electron chi connectivity index (χ1n) is 28.9. The minimum atomic E-state index is -0.562. The van der Waals surface area contributed by atoms with E-state index in [1.54, 1.807) is 0 Å². The van der Waals surface area contributed by atoms with Crippen LogP contribution in [-0.4, -0.2) is 137 Å². The maximum atomic E-state index is 9.82. The monoisotopic (exact) mass is 1300 g/mol. The Hall–Kier alpha value is -2.64. The Labute approximate surface area is 561 Å². The molecular formula is C64H91BCl6N6NaO7. The molecule has 465 valence electrons. The van der Waals surface area contributed by atoms with Crippen molar-refractivity contribution in [2.45, 2.75) is 126 Å². The minimum absolute atomic E-state index is 0. The van der Waals surface area contributed by atoms with Gasteiger partial charge in [0.15, 0.2) is 0 Å². The van der Waals surface area contributed by atoms with Crippen LogP contribution in [0, 0.1) is 22.7 Å². The van der Waals surface area contributed by atoms with Crippen LogP contribution < -0.4 is 44.7 Å². The summed E-state index contributed by atoms with van der Waals surface area (Å²) in [5.41, 5.74) is 5.26. The molecule has 0 saturated carbocycles. The zero-order valence-electron chi connectivity index (χ0n) is 51.8. The van der Waals surface area contributed by atoms with Crippen molar-refractivity contribution in [3.8, 4) is 0 Å². The van der Waals surface area contributed by atoms with E-state index >= 15 is 0 Å². The summed E-state index contributed by atoms with van der Waals surface area (Å²) in [6, 6.07) is 28.6. The topological polar surface area (TPSA) is 154 Å². The second-order valence-corrected chi connectivity index (χ2v) is 26.5. The van der Waals surface area contributed by atoms with Crippen molar-refractivity contribution in [1.29, 1.82) is 0 Å². The zero-order valence-corrected chi connectivity index (χ0v) is 58.4. The summed E-state index contributed by atoms with van der Waals surface area (Å²) in [6.45, 7) is 31.2. The van der Waals surface area contributed by atoms with Crippen molar-refractivity contribution in [3.63, 3.8) is 0 Å². The fourth-order valence-electron chi connectivity index (χ4n) is 10.4. The van der Waals surface area contributed by atoms with E-state index in [0.29, 0.717) is 31.9 Å². The molecule has 13 nitrogen and oxygen atoms in total. The number of ether oxygens (including phenoxy) is 1. The van der Waals surface area contributed by atoms with Crippen molar-refractivity contribution in [2.24, 2.45) is 22.7 Å². The van der Waals surface area contributed by atoms with E-state index in [4.69, 9.17) is 79.1 Å². The molecule has 4 heterocycles. The average Bonchev–Trinajstić information content (AvgIpc) is 2.25. The number of halogens is 6. The molecule has 4 saturated heterocycles. The Bertz CT molecular complexity index is 2540. The molecule has 0 amide bonds. The normalized spacial score (nSPS) is 17.7. The fourth-order valence-corrected chi connectivity index (χ4v) is 11.7. The van der Waals surface area contributed by atoms with E-state index in [2.05, 4.69) is 93.4 Å². The third-order valence-corrected chi connectivity index (χ3v) is 16.5. The molecule has 1 radical (unpaired) electrons. The Balaban J connectivity index is 0.000000647. The van der Waals surface area contributed by atoms with E-state index < -0.39 is 11.9 Å².